The van der Waals surface area contributed by atoms with Crippen molar-refractivity contribution in [1.29, 1.82) is 0 Å². The Morgan fingerprint density at radius 1 is 1.28 bits per heavy atom. The van der Waals surface area contributed by atoms with Crippen LogP contribution >= 0.6 is 0 Å². The van der Waals surface area contributed by atoms with Crippen molar-refractivity contribution in [2.24, 2.45) is 5.14 Å². The molecule has 1 saturated heterocycles. The van der Waals surface area contributed by atoms with Gasteiger partial charge in [-0.05, 0) is 10.4 Å². The second-order valence-electron chi connectivity index (χ2n) is 3.83. The van der Waals surface area contributed by atoms with E-state index in [1.54, 1.807) is 4.90 Å². The van der Waals surface area contributed by atoms with Crippen LogP contribution in [0, 0.1) is 0 Å². The molecular weight excluding hydrogens is 262 g/mol. The molecular formula is C7H13N7O3S. The van der Waals surface area contributed by atoms with Gasteiger partial charge in [-0.25, -0.2) is 9.82 Å². The first kappa shape index (κ1) is 12.9. The van der Waals surface area contributed by atoms with Gasteiger partial charge >= 0.3 is 0 Å². The predicted octanol–water partition coefficient (Wildman–Crippen LogP) is -2.98. The van der Waals surface area contributed by atoms with Crippen molar-refractivity contribution in [3.8, 4) is 0 Å². The number of nitrogens with zero attached hydrogens (tertiary/aromatic N) is 6. The Kier molecular flexibility index (Phi) is 3.54. The molecule has 2 rings (SSSR count). The zero-order chi connectivity index (χ0) is 13.2. The molecule has 0 radical (unpaired) electrons. The van der Waals surface area contributed by atoms with Crippen LogP contribution in [0.5, 0.6) is 0 Å². The monoisotopic (exact) mass is 275 g/mol. The lowest BCUT2D eigenvalue weighted by molar-refractivity contribution is -0.133. The Bertz CT molecular complexity index is 505. The van der Waals surface area contributed by atoms with Gasteiger partial charge in [0.05, 0.1) is 0 Å². The summed E-state index contributed by atoms with van der Waals surface area (Å²) in [5.41, 5.74) is 0. The molecule has 0 aromatic carbocycles. The Morgan fingerprint density at radius 2 is 1.94 bits per heavy atom. The van der Waals surface area contributed by atoms with Crippen LogP contribution in [-0.4, -0.2) is 69.9 Å². The van der Waals surface area contributed by atoms with Crippen molar-refractivity contribution in [1.82, 2.24) is 29.4 Å². The maximum Gasteiger partial charge on any atom is 0.277 e. The molecule has 18 heavy (non-hydrogen) atoms. The number of piperazine rings is 1. The van der Waals surface area contributed by atoms with Gasteiger partial charge in [0, 0.05) is 26.2 Å². The van der Waals surface area contributed by atoms with Crippen LogP contribution in [-0.2, 0) is 21.5 Å². The molecule has 1 aromatic rings. The Labute approximate surface area is 104 Å². The third-order valence-corrected chi connectivity index (χ3v) is 3.72. The van der Waals surface area contributed by atoms with Gasteiger partial charge in [-0.2, -0.15) is 12.7 Å². The highest BCUT2D eigenvalue weighted by molar-refractivity contribution is 7.86. The largest absolute Gasteiger partial charge is 0.338 e. The standard InChI is InChI=1S/C7H13N7O3S/c8-18(16,17)14-3-1-12(2-4-14)7(15)5-13-6-9-10-11-13/h6H,1-5H2,(H2,8,16,17). The molecule has 0 atom stereocenters. The Morgan fingerprint density at radius 3 is 2.44 bits per heavy atom. The van der Waals surface area contributed by atoms with E-state index < -0.39 is 10.2 Å². The molecule has 2 heterocycles. The quantitative estimate of drug-likeness (QED) is 0.627. The molecule has 0 aliphatic carbocycles. The van der Waals surface area contributed by atoms with E-state index in [1.165, 1.54) is 11.0 Å². The van der Waals surface area contributed by atoms with E-state index in [1.807, 2.05) is 0 Å². The minimum Gasteiger partial charge on any atom is -0.338 e. The zero-order valence-electron chi connectivity index (χ0n) is 9.51. The minimum atomic E-state index is -3.67. The number of rotatable bonds is 3. The molecule has 0 saturated carbocycles. The van der Waals surface area contributed by atoms with Crippen molar-refractivity contribution < 1.29 is 13.2 Å². The van der Waals surface area contributed by atoms with Crippen molar-refractivity contribution >= 4 is 16.1 Å². The molecule has 1 aliphatic rings. The molecule has 0 bridgehead atoms. The summed E-state index contributed by atoms with van der Waals surface area (Å²) in [6.45, 7) is 1.09. The van der Waals surface area contributed by atoms with Crippen molar-refractivity contribution in [3.05, 3.63) is 6.33 Å². The molecule has 100 valence electrons. The van der Waals surface area contributed by atoms with Crippen molar-refractivity contribution in [2.45, 2.75) is 6.54 Å². The number of amides is 1. The summed E-state index contributed by atoms with van der Waals surface area (Å²) >= 11 is 0. The van der Waals surface area contributed by atoms with Gasteiger partial charge in [-0.1, -0.05) is 0 Å². The first-order valence-electron chi connectivity index (χ1n) is 5.23. The number of hydrogen-bond acceptors (Lipinski definition) is 6. The molecule has 1 amide bonds. The van der Waals surface area contributed by atoms with Crippen LogP contribution in [0.15, 0.2) is 6.33 Å². The number of tetrazole rings is 1. The minimum absolute atomic E-state index is 0.0440. The fourth-order valence-electron chi connectivity index (χ4n) is 1.68. The summed E-state index contributed by atoms with van der Waals surface area (Å²) < 4.78 is 24.6. The lowest BCUT2D eigenvalue weighted by atomic mass is 10.3. The van der Waals surface area contributed by atoms with Gasteiger partial charge in [-0.3, -0.25) is 4.79 Å². The maximum absolute atomic E-state index is 11.8. The van der Waals surface area contributed by atoms with Gasteiger partial charge in [-0.15, -0.1) is 5.10 Å². The van der Waals surface area contributed by atoms with Gasteiger partial charge in [0.1, 0.15) is 12.9 Å². The second-order valence-corrected chi connectivity index (χ2v) is 5.38. The second kappa shape index (κ2) is 4.96. The summed E-state index contributed by atoms with van der Waals surface area (Å²) in [6, 6.07) is 0. The molecule has 11 heteroatoms. The summed E-state index contributed by atoms with van der Waals surface area (Å²) in [4.78, 5) is 13.4. The van der Waals surface area contributed by atoms with Crippen LogP contribution in [0.2, 0.25) is 0 Å². The van der Waals surface area contributed by atoms with Gasteiger partial charge in [0.2, 0.25) is 5.91 Å². The molecule has 0 unspecified atom stereocenters. The van der Waals surface area contributed by atoms with Crippen LogP contribution in [0.25, 0.3) is 0 Å². The maximum atomic E-state index is 11.8. The number of carbonyl (C=O) groups excluding carboxylic acids is 1. The van der Waals surface area contributed by atoms with E-state index in [4.69, 9.17) is 5.14 Å². The fraction of sp³-hybridized carbons (Fsp3) is 0.714. The number of nitrogens with two attached hydrogens (primary N) is 1. The van der Waals surface area contributed by atoms with Crippen LogP contribution in [0.4, 0.5) is 0 Å². The van der Waals surface area contributed by atoms with E-state index in [9.17, 15) is 13.2 Å². The van der Waals surface area contributed by atoms with Crippen LogP contribution in [0.3, 0.4) is 0 Å². The van der Waals surface area contributed by atoms with Crippen LogP contribution in [0.1, 0.15) is 0 Å². The van der Waals surface area contributed by atoms with Gasteiger partial charge in [0.15, 0.2) is 0 Å². The molecule has 10 nitrogen and oxygen atoms in total. The average molecular weight is 275 g/mol. The highest BCUT2D eigenvalue weighted by Gasteiger charge is 2.26. The van der Waals surface area contributed by atoms with Crippen molar-refractivity contribution in [3.63, 3.8) is 0 Å². The summed E-state index contributed by atoms with van der Waals surface area (Å²) in [5.74, 6) is -0.156. The topological polar surface area (TPSA) is 127 Å². The molecule has 1 fully saturated rings. The van der Waals surface area contributed by atoms with E-state index in [0.717, 1.165) is 4.31 Å². The lowest BCUT2D eigenvalue weighted by Gasteiger charge is -2.32. The first-order chi connectivity index (χ1) is 8.47. The van der Waals surface area contributed by atoms with Crippen molar-refractivity contribution in [2.75, 3.05) is 26.2 Å². The normalized spacial score (nSPS) is 17.9. The SMILES string of the molecule is NS(=O)(=O)N1CCN(C(=O)Cn2cnnn2)CC1. The summed E-state index contributed by atoms with van der Waals surface area (Å²) in [7, 11) is -3.67. The van der Waals surface area contributed by atoms with E-state index in [0.29, 0.717) is 13.1 Å². The molecule has 2 N–H and O–H groups in total. The third kappa shape index (κ3) is 3.00. The third-order valence-electron chi connectivity index (χ3n) is 2.64. The number of carbonyl (C=O) groups is 1. The highest BCUT2D eigenvalue weighted by atomic mass is 32.2. The number of aromatic nitrogens is 4. The fourth-order valence-corrected chi connectivity index (χ4v) is 2.36. The van der Waals surface area contributed by atoms with E-state index in [2.05, 4.69) is 15.5 Å². The smallest absolute Gasteiger partial charge is 0.277 e. The Hall–Kier alpha value is -1.59. The lowest BCUT2D eigenvalue weighted by Crippen LogP contribution is -2.52. The van der Waals surface area contributed by atoms with Gasteiger partial charge < -0.3 is 4.90 Å². The first-order valence-corrected chi connectivity index (χ1v) is 6.73. The Balaban J connectivity index is 1.88. The molecule has 1 aromatic heterocycles. The number of hydrogen-bond donors (Lipinski definition) is 1. The van der Waals surface area contributed by atoms with Gasteiger partial charge in [0.25, 0.3) is 10.2 Å². The summed E-state index contributed by atoms with van der Waals surface area (Å²) in [5, 5.41) is 15.4. The predicted molar refractivity (Wildman–Crippen MR) is 59.1 cm³/mol. The van der Waals surface area contributed by atoms with E-state index >= 15 is 0 Å². The van der Waals surface area contributed by atoms with Crippen LogP contribution < -0.4 is 5.14 Å². The van der Waals surface area contributed by atoms with E-state index in [-0.39, 0.29) is 25.5 Å². The highest BCUT2D eigenvalue weighted by Crippen LogP contribution is 2.05. The summed E-state index contributed by atoms with van der Waals surface area (Å²) in [6.07, 6.45) is 1.35. The average Bonchev–Trinajstić information content (AvgIpc) is 2.81. The molecule has 1 aliphatic heterocycles. The zero-order valence-corrected chi connectivity index (χ0v) is 10.3. The molecule has 0 spiro atoms.